The van der Waals surface area contributed by atoms with Gasteiger partial charge in [0.05, 0.1) is 18.4 Å². The molecule has 0 aromatic heterocycles. The van der Waals surface area contributed by atoms with Gasteiger partial charge in [0.1, 0.15) is 17.7 Å². The minimum absolute atomic E-state index is 0.211. The molecule has 5 heteroatoms. The van der Waals surface area contributed by atoms with Gasteiger partial charge in [-0.15, -0.1) is 0 Å². The molecule has 4 rings (SSSR count). The molecule has 0 saturated heterocycles. The van der Waals surface area contributed by atoms with Crippen molar-refractivity contribution in [3.05, 3.63) is 89.7 Å². The second-order valence-corrected chi connectivity index (χ2v) is 5.96. The summed E-state index contributed by atoms with van der Waals surface area (Å²) in [6.45, 7) is 0. The quantitative estimate of drug-likeness (QED) is 0.752. The fourth-order valence-electron chi connectivity index (χ4n) is 3.25. The molecule has 1 atom stereocenters. The molecule has 0 fully saturated rings. The fraction of sp³-hybridized carbons (Fsp3) is 0.0952. The van der Waals surface area contributed by atoms with Gasteiger partial charge in [0.2, 0.25) is 0 Å². The lowest BCUT2D eigenvalue weighted by Crippen LogP contribution is -2.43. The van der Waals surface area contributed by atoms with Crippen molar-refractivity contribution in [3.8, 4) is 5.75 Å². The van der Waals surface area contributed by atoms with E-state index in [1.54, 1.807) is 48.4 Å². The number of rotatable bonds is 3. The third-order valence-corrected chi connectivity index (χ3v) is 4.47. The molecule has 0 radical (unpaired) electrons. The van der Waals surface area contributed by atoms with Crippen LogP contribution in [0, 0.1) is 5.82 Å². The number of halogens is 1. The Hall–Kier alpha value is -3.34. The topological polar surface area (TPSA) is 41.6 Å². The third-order valence-electron chi connectivity index (χ3n) is 4.47. The molecule has 26 heavy (non-hydrogen) atoms. The Morgan fingerprint density at radius 1 is 0.962 bits per heavy atom. The van der Waals surface area contributed by atoms with Crippen LogP contribution in [-0.2, 0) is 0 Å². The second-order valence-electron chi connectivity index (χ2n) is 5.96. The van der Waals surface area contributed by atoms with Gasteiger partial charge < -0.3 is 10.1 Å². The molecule has 1 heterocycles. The molecule has 0 saturated carbocycles. The van der Waals surface area contributed by atoms with Gasteiger partial charge in [-0.25, -0.2) is 4.39 Å². The van der Waals surface area contributed by atoms with Crippen molar-refractivity contribution >= 4 is 17.3 Å². The summed E-state index contributed by atoms with van der Waals surface area (Å²) in [5.74, 6) is -0.0439. The smallest absolute Gasteiger partial charge is 0.262 e. The Morgan fingerprint density at radius 2 is 1.65 bits per heavy atom. The van der Waals surface area contributed by atoms with Gasteiger partial charge in [-0.05, 0) is 30.3 Å². The summed E-state index contributed by atoms with van der Waals surface area (Å²) in [5, 5.41) is 3.29. The average molecular weight is 348 g/mol. The zero-order chi connectivity index (χ0) is 18.1. The highest BCUT2D eigenvalue weighted by atomic mass is 19.1. The highest BCUT2D eigenvalue weighted by Crippen LogP contribution is 2.40. The second kappa shape index (κ2) is 6.52. The first-order valence-electron chi connectivity index (χ1n) is 8.27. The number of para-hydroxylation sites is 3. The summed E-state index contributed by atoms with van der Waals surface area (Å²) in [4.78, 5) is 14.8. The minimum atomic E-state index is -0.685. The van der Waals surface area contributed by atoms with Crippen molar-refractivity contribution in [1.29, 1.82) is 0 Å². The predicted molar refractivity (Wildman–Crippen MR) is 99.0 cm³/mol. The summed E-state index contributed by atoms with van der Waals surface area (Å²) < 4.78 is 20.0. The maximum atomic E-state index is 14.5. The molecular formula is C21H17FN2O2. The van der Waals surface area contributed by atoms with Crippen molar-refractivity contribution in [1.82, 2.24) is 0 Å². The molecule has 0 bridgehead atoms. The van der Waals surface area contributed by atoms with Crippen LogP contribution >= 0.6 is 0 Å². The van der Waals surface area contributed by atoms with Gasteiger partial charge in [-0.3, -0.25) is 9.69 Å². The highest BCUT2D eigenvalue weighted by Gasteiger charge is 2.36. The van der Waals surface area contributed by atoms with E-state index in [9.17, 15) is 9.18 Å². The Balaban J connectivity index is 1.92. The van der Waals surface area contributed by atoms with Gasteiger partial charge in [-0.2, -0.15) is 0 Å². The van der Waals surface area contributed by atoms with Gasteiger partial charge in [0.25, 0.3) is 5.91 Å². The lowest BCUT2D eigenvalue weighted by atomic mass is 10.0. The summed E-state index contributed by atoms with van der Waals surface area (Å²) in [6.07, 6.45) is -0.685. The van der Waals surface area contributed by atoms with Crippen LogP contribution in [0.5, 0.6) is 5.75 Å². The zero-order valence-corrected chi connectivity index (χ0v) is 14.1. The summed E-state index contributed by atoms with van der Waals surface area (Å²) in [7, 11) is 1.55. The van der Waals surface area contributed by atoms with Crippen LogP contribution in [0.15, 0.2) is 72.8 Å². The van der Waals surface area contributed by atoms with Crippen LogP contribution in [0.1, 0.15) is 22.1 Å². The number of hydrogen-bond donors (Lipinski definition) is 1. The molecule has 130 valence electrons. The lowest BCUT2D eigenvalue weighted by molar-refractivity contribution is 0.0974. The third kappa shape index (κ3) is 2.58. The SMILES string of the molecule is COc1ccccc1N1C(=O)c2ccccc2N[C@@H]1c1ccccc1F. The molecule has 1 amide bonds. The van der Waals surface area contributed by atoms with Crippen molar-refractivity contribution in [2.75, 3.05) is 17.3 Å². The van der Waals surface area contributed by atoms with Crippen molar-refractivity contribution < 1.29 is 13.9 Å². The van der Waals surface area contributed by atoms with Crippen molar-refractivity contribution in [3.63, 3.8) is 0 Å². The largest absolute Gasteiger partial charge is 0.495 e. The molecule has 0 aliphatic carbocycles. The molecule has 3 aromatic rings. The number of nitrogens with one attached hydrogen (secondary N) is 1. The van der Waals surface area contributed by atoms with E-state index in [0.29, 0.717) is 28.3 Å². The minimum Gasteiger partial charge on any atom is -0.495 e. The normalized spacial score (nSPS) is 16.0. The summed E-state index contributed by atoms with van der Waals surface area (Å²) >= 11 is 0. The number of fused-ring (bicyclic) bond motifs is 1. The maximum Gasteiger partial charge on any atom is 0.262 e. The van der Waals surface area contributed by atoms with Crippen LogP contribution in [-0.4, -0.2) is 13.0 Å². The van der Waals surface area contributed by atoms with E-state index in [-0.39, 0.29) is 11.7 Å². The highest BCUT2D eigenvalue weighted by molar-refractivity contribution is 6.12. The van der Waals surface area contributed by atoms with Crippen molar-refractivity contribution in [2.24, 2.45) is 0 Å². The molecule has 4 nitrogen and oxygen atoms in total. The van der Waals surface area contributed by atoms with E-state index in [4.69, 9.17) is 4.74 Å². The average Bonchev–Trinajstić information content (AvgIpc) is 2.68. The molecule has 1 aliphatic rings. The molecule has 1 aliphatic heterocycles. The van der Waals surface area contributed by atoms with Crippen molar-refractivity contribution in [2.45, 2.75) is 6.17 Å². The number of amides is 1. The Labute approximate surface area is 150 Å². The molecule has 3 aromatic carbocycles. The number of ether oxygens (including phenoxy) is 1. The molecule has 0 spiro atoms. The molecule has 0 unspecified atom stereocenters. The Kier molecular flexibility index (Phi) is 4.05. The maximum absolute atomic E-state index is 14.5. The van der Waals surface area contributed by atoms with Crippen LogP contribution in [0.4, 0.5) is 15.8 Å². The number of carbonyl (C=O) groups is 1. The van der Waals surface area contributed by atoms with Gasteiger partial charge in [0, 0.05) is 11.3 Å². The number of anilines is 2. The van der Waals surface area contributed by atoms with Crippen LogP contribution in [0.25, 0.3) is 0 Å². The predicted octanol–water partition coefficient (Wildman–Crippen LogP) is 4.61. The number of hydrogen-bond acceptors (Lipinski definition) is 3. The Morgan fingerprint density at radius 3 is 2.46 bits per heavy atom. The monoisotopic (exact) mass is 348 g/mol. The number of carbonyl (C=O) groups excluding carboxylic acids is 1. The number of nitrogens with zero attached hydrogens (tertiary/aromatic N) is 1. The first-order chi connectivity index (χ1) is 12.7. The number of methoxy groups -OCH3 is 1. The van der Waals surface area contributed by atoms with E-state index in [2.05, 4.69) is 5.32 Å². The van der Waals surface area contributed by atoms with E-state index in [0.717, 1.165) is 0 Å². The van der Waals surface area contributed by atoms with Gasteiger partial charge in [-0.1, -0.05) is 42.5 Å². The van der Waals surface area contributed by atoms with Gasteiger partial charge >= 0.3 is 0 Å². The summed E-state index contributed by atoms with van der Waals surface area (Å²) in [6, 6.07) is 20.9. The summed E-state index contributed by atoms with van der Waals surface area (Å²) in [5.41, 5.74) is 2.18. The van der Waals surface area contributed by atoms with E-state index in [1.807, 2.05) is 30.3 Å². The fourth-order valence-corrected chi connectivity index (χ4v) is 3.25. The van der Waals surface area contributed by atoms with E-state index < -0.39 is 6.17 Å². The zero-order valence-electron chi connectivity index (χ0n) is 14.1. The van der Waals surface area contributed by atoms with Gasteiger partial charge in [0.15, 0.2) is 0 Å². The van der Waals surface area contributed by atoms with E-state index in [1.165, 1.54) is 6.07 Å². The standard InChI is InChI=1S/C21H17FN2O2/c1-26-19-13-7-6-12-18(19)24-20(14-8-2-4-10-16(14)22)23-17-11-5-3-9-15(17)21(24)25/h2-13,20,23H,1H3/t20-/m0/s1. The van der Waals surface area contributed by atoms with E-state index >= 15 is 0 Å². The lowest BCUT2D eigenvalue weighted by Gasteiger charge is -2.38. The first-order valence-corrected chi connectivity index (χ1v) is 8.27. The Bertz CT molecular complexity index is 973. The van der Waals surface area contributed by atoms with Crippen LogP contribution < -0.4 is 15.0 Å². The molecule has 1 N–H and O–H groups in total. The first kappa shape index (κ1) is 16.1. The molecular weight excluding hydrogens is 331 g/mol. The number of benzene rings is 3. The van der Waals surface area contributed by atoms with Crippen LogP contribution in [0.2, 0.25) is 0 Å². The van der Waals surface area contributed by atoms with Crippen LogP contribution in [0.3, 0.4) is 0 Å².